The molecule has 0 amide bonds. The van der Waals surface area contributed by atoms with Crippen LogP contribution < -0.4 is 5.73 Å². The van der Waals surface area contributed by atoms with Crippen molar-refractivity contribution >= 4 is 11.8 Å². The second-order valence-electron chi connectivity index (χ2n) is 3.85. The Bertz CT molecular complexity index is 512. The Morgan fingerprint density at radius 3 is 2.59 bits per heavy atom. The maximum absolute atomic E-state index is 5.79. The van der Waals surface area contributed by atoms with Gasteiger partial charge in [0.15, 0.2) is 0 Å². The summed E-state index contributed by atoms with van der Waals surface area (Å²) in [5.74, 6) is 0. The molecule has 0 saturated heterocycles. The summed E-state index contributed by atoms with van der Waals surface area (Å²) in [6.07, 6.45) is 3.57. The highest BCUT2D eigenvalue weighted by Gasteiger charge is 2.08. The Balaban J connectivity index is 2.38. The molecule has 3 nitrogen and oxygen atoms in total. The Morgan fingerprint density at radius 1 is 1.24 bits per heavy atom. The smallest absolute Gasteiger partial charge is 0.106 e. The van der Waals surface area contributed by atoms with Crippen molar-refractivity contribution in [2.75, 3.05) is 0 Å². The molecule has 0 bridgehead atoms. The highest BCUT2D eigenvalue weighted by Crippen LogP contribution is 2.30. The zero-order valence-corrected chi connectivity index (χ0v) is 10.8. The topological polar surface area (TPSA) is 51.8 Å². The van der Waals surface area contributed by atoms with Gasteiger partial charge in [0.25, 0.3) is 0 Å². The molecule has 2 aromatic rings. The van der Waals surface area contributed by atoms with Gasteiger partial charge >= 0.3 is 0 Å². The summed E-state index contributed by atoms with van der Waals surface area (Å²) >= 11 is 1.64. The lowest BCUT2D eigenvalue weighted by atomic mass is 10.1. The van der Waals surface area contributed by atoms with Crippen LogP contribution in [0.4, 0.5) is 0 Å². The molecule has 0 saturated carbocycles. The minimum atomic E-state index is 0.520. The second kappa shape index (κ2) is 5.29. The van der Waals surface area contributed by atoms with E-state index in [0.717, 1.165) is 21.2 Å². The van der Waals surface area contributed by atoms with Crippen LogP contribution in [0.1, 0.15) is 16.8 Å². The summed E-state index contributed by atoms with van der Waals surface area (Å²) in [7, 11) is 0. The van der Waals surface area contributed by atoms with Crippen LogP contribution in [0.5, 0.6) is 0 Å². The lowest BCUT2D eigenvalue weighted by molar-refractivity contribution is 0.922. The Hall–Kier alpha value is -1.39. The average molecular weight is 245 g/mol. The largest absolute Gasteiger partial charge is 0.326 e. The van der Waals surface area contributed by atoms with Gasteiger partial charge in [0.2, 0.25) is 0 Å². The SMILES string of the molecule is Cc1cc(C)c(CN)c(Sc2ccncc2)n1. The van der Waals surface area contributed by atoms with Crippen LogP contribution in [-0.2, 0) is 6.54 Å². The van der Waals surface area contributed by atoms with E-state index in [0.29, 0.717) is 6.54 Å². The molecule has 0 spiro atoms. The van der Waals surface area contributed by atoms with Crippen molar-refractivity contribution in [3.8, 4) is 0 Å². The summed E-state index contributed by atoms with van der Waals surface area (Å²) in [5, 5.41) is 0.996. The van der Waals surface area contributed by atoms with E-state index in [9.17, 15) is 0 Å². The maximum atomic E-state index is 5.79. The third kappa shape index (κ3) is 2.84. The van der Waals surface area contributed by atoms with Crippen molar-refractivity contribution in [3.05, 3.63) is 47.4 Å². The van der Waals surface area contributed by atoms with Crippen LogP contribution in [0.15, 0.2) is 40.5 Å². The van der Waals surface area contributed by atoms with Crippen molar-refractivity contribution in [1.82, 2.24) is 9.97 Å². The molecular formula is C13H15N3S. The number of hydrogen-bond acceptors (Lipinski definition) is 4. The summed E-state index contributed by atoms with van der Waals surface area (Å²) in [6, 6.07) is 6.02. The fourth-order valence-electron chi connectivity index (χ4n) is 1.68. The predicted molar refractivity (Wildman–Crippen MR) is 70.0 cm³/mol. The number of aromatic nitrogens is 2. The first-order valence-electron chi connectivity index (χ1n) is 5.46. The van der Waals surface area contributed by atoms with Gasteiger partial charge in [0.05, 0.1) is 0 Å². The molecular weight excluding hydrogens is 230 g/mol. The number of rotatable bonds is 3. The van der Waals surface area contributed by atoms with Gasteiger partial charge < -0.3 is 5.73 Å². The Morgan fingerprint density at radius 2 is 1.94 bits per heavy atom. The van der Waals surface area contributed by atoms with Crippen LogP contribution in [0.2, 0.25) is 0 Å². The van der Waals surface area contributed by atoms with Gasteiger partial charge in [-0.3, -0.25) is 4.98 Å². The third-order valence-corrected chi connectivity index (χ3v) is 3.54. The van der Waals surface area contributed by atoms with Crippen LogP contribution in [0.3, 0.4) is 0 Å². The van der Waals surface area contributed by atoms with Crippen molar-refractivity contribution in [2.45, 2.75) is 30.3 Å². The summed E-state index contributed by atoms with van der Waals surface area (Å²) < 4.78 is 0. The van der Waals surface area contributed by atoms with Crippen LogP contribution >= 0.6 is 11.8 Å². The van der Waals surface area contributed by atoms with E-state index < -0.39 is 0 Å². The zero-order valence-electron chi connectivity index (χ0n) is 9.97. The lowest BCUT2D eigenvalue weighted by Gasteiger charge is -2.10. The van der Waals surface area contributed by atoms with E-state index in [4.69, 9.17) is 5.73 Å². The molecule has 0 fully saturated rings. The lowest BCUT2D eigenvalue weighted by Crippen LogP contribution is -2.04. The van der Waals surface area contributed by atoms with E-state index >= 15 is 0 Å². The van der Waals surface area contributed by atoms with Gasteiger partial charge in [-0.2, -0.15) is 0 Å². The van der Waals surface area contributed by atoms with Gasteiger partial charge in [-0.05, 0) is 37.6 Å². The van der Waals surface area contributed by atoms with E-state index in [1.807, 2.05) is 19.1 Å². The van der Waals surface area contributed by atoms with Gasteiger partial charge in [-0.1, -0.05) is 11.8 Å². The monoisotopic (exact) mass is 245 g/mol. The number of hydrogen-bond donors (Lipinski definition) is 1. The van der Waals surface area contributed by atoms with Gasteiger partial charge in [-0.15, -0.1) is 0 Å². The van der Waals surface area contributed by atoms with Crippen molar-refractivity contribution in [1.29, 1.82) is 0 Å². The first-order valence-corrected chi connectivity index (χ1v) is 6.27. The molecule has 2 rings (SSSR count). The number of pyridine rings is 2. The highest BCUT2D eigenvalue weighted by atomic mass is 32.2. The molecule has 0 aliphatic carbocycles. The van der Waals surface area contributed by atoms with E-state index in [-0.39, 0.29) is 0 Å². The summed E-state index contributed by atoms with van der Waals surface area (Å²) in [5.41, 5.74) is 9.14. The summed E-state index contributed by atoms with van der Waals surface area (Å²) in [4.78, 5) is 9.70. The standard InChI is InChI=1S/C13H15N3S/c1-9-7-10(2)16-13(12(9)8-14)17-11-3-5-15-6-4-11/h3-7H,8,14H2,1-2H3. The zero-order chi connectivity index (χ0) is 12.3. The third-order valence-electron chi connectivity index (χ3n) is 2.51. The van der Waals surface area contributed by atoms with E-state index in [2.05, 4.69) is 23.0 Å². The van der Waals surface area contributed by atoms with Crippen molar-refractivity contribution < 1.29 is 0 Å². The average Bonchev–Trinajstić information content (AvgIpc) is 2.30. The molecule has 88 valence electrons. The van der Waals surface area contributed by atoms with E-state index in [1.54, 1.807) is 24.2 Å². The summed E-state index contributed by atoms with van der Waals surface area (Å²) in [6.45, 7) is 4.60. The number of nitrogens with zero attached hydrogens (tertiary/aromatic N) is 2. The molecule has 0 aliphatic heterocycles. The van der Waals surface area contributed by atoms with Crippen LogP contribution in [0.25, 0.3) is 0 Å². The minimum absolute atomic E-state index is 0.520. The van der Waals surface area contributed by atoms with Crippen LogP contribution in [0, 0.1) is 13.8 Å². The number of aryl methyl sites for hydroxylation is 2. The molecule has 2 N–H and O–H groups in total. The predicted octanol–water partition coefficient (Wildman–Crippen LogP) is 2.70. The van der Waals surface area contributed by atoms with Crippen molar-refractivity contribution in [2.24, 2.45) is 5.73 Å². The first-order chi connectivity index (χ1) is 8.20. The molecule has 0 unspecified atom stereocenters. The molecule has 2 aromatic heterocycles. The van der Waals surface area contributed by atoms with Crippen LogP contribution in [-0.4, -0.2) is 9.97 Å². The molecule has 4 heteroatoms. The fourth-order valence-corrected chi connectivity index (χ4v) is 2.72. The maximum Gasteiger partial charge on any atom is 0.106 e. The molecule has 2 heterocycles. The highest BCUT2D eigenvalue weighted by molar-refractivity contribution is 7.99. The quantitative estimate of drug-likeness (QED) is 0.903. The van der Waals surface area contributed by atoms with Gasteiger partial charge in [0.1, 0.15) is 5.03 Å². The second-order valence-corrected chi connectivity index (χ2v) is 4.92. The Labute approximate surface area is 105 Å². The molecule has 0 atom stereocenters. The number of nitrogens with two attached hydrogens (primary N) is 1. The fraction of sp³-hybridized carbons (Fsp3) is 0.231. The minimum Gasteiger partial charge on any atom is -0.326 e. The molecule has 17 heavy (non-hydrogen) atoms. The van der Waals surface area contributed by atoms with Crippen molar-refractivity contribution in [3.63, 3.8) is 0 Å². The first kappa shape index (κ1) is 12.1. The molecule has 0 radical (unpaired) electrons. The van der Waals surface area contributed by atoms with E-state index in [1.165, 1.54) is 5.56 Å². The Kier molecular flexibility index (Phi) is 3.76. The van der Waals surface area contributed by atoms with Gasteiger partial charge in [-0.25, -0.2) is 4.98 Å². The van der Waals surface area contributed by atoms with Gasteiger partial charge in [0, 0.05) is 35.1 Å². The molecule has 0 aromatic carbocycles. The normalized spacial score (nSPS) is 10.5. The molecule has 0 aliphatic rings.